The number of aromatic nitrogens is 4. The predicted molar refractivity (Wildman–Crippen MR) is 82.3 cm³/mol. The van der Waals surface area contributed by atoms with Gasteiger partial charge >= 0.3 is 6.01 Å². The van der Waals surface area contributed by atoms with Crippen LogP contribution in [-0.4, -0.2) is 57.6 Å². The summed E-state index contributed by atoms with van der Waals surface area (Å²) in [5.41, 5.74) is 0. The summed E-state index contributed by atoms with van der Waals surface area (Å²) < 4.78 is 24.7. The van der Waals surface area contributed by atoms with Crippen molar-refractivity contribution < 1.29 is 13.3 Å². The van der Waals surface area contributed by atoms with E-state index in [9.17, 15) is 4.39 Å². The third kappa shape index (κ3) is 3.26. The van der Waals surface area contributed by atoms with Crippen molar-refractivity contribution in [2.75, 3.05) is 25.0 Å². The Morgan fingerprint density at radius 1 is 1.33 bits per heavy atom. The van der Waals surface area contributed by atoms with Crippen LogP contribution in [0.1, 0.15) is 42.8 Å². The largest absolute Gasteiger partial charge is 0.408 e. The van der Waals surface area contributed by atoms with Crippen molar-refractivity contribution in [3.8, 4) is 0 Å². The van der Waals surface area contributed by atoms with Crippen molar-refractivity contribution in [3.63, 3.8) is 0 Å². The van der Waals surface area contributed by atoms with E-state index in [-0.39, 0.29) is 12.6 Å². The third-order valence-corrected chi connectivity index (χ3v) is 4.48. The fraction of sp³-hybridized carbons (Fsp3) is 0.733. The van der Waals surface area contributed by atoms with E-state index in [2.05, 4.69) is 25.2 Å². The molecule has 1 saturated heterocycles. The molecular weight excluding hydrogens is 315 g/mol. The number of likely N-dealkylation sites (N-methyl/N-ethyl adjacent to an activating group) is 1. The minimum Gasteiger partial charge on any atom is -0.408 e. The Bertz CT molecular complexity index is 700. The van der Waals surface area contributed by atoms with Crippen molar-refractivity contribution in [1.82, 2.24) is 25.2 Å². The van der Waals surface area contributed by atoms with Gasteiger partial charge in [-0.05, 0) is 19.9 Å². The van der Waals surface area contributed by atoms with Gasteiger partial charge in [-0.25, -0.2) is 4.39 Å². The van der Waals surface area contributed by atoms with E-state index < -0.39 is 6.17 Å². The normalized spacial score (nSPS) is 24.2. The van der Waals surface area contributed by atoms with Crippen LogP contribution < -0.4 is 4.90 Å². The number of rotatable bonds is 6. The molecule has 0 amide bonds. The summed E-state index contributed by atoms with van der Waals surface area (Å²) in [4.78, 5) is 8.34. The van der Waals surface area contributed by atoms with Crippen molar-refractivity contribution in [3.05, 3.63) is 17.6 Å². The predicted octanol–water partition coefficient (Wildman–Crippen LogP) is 1.69. The molecule has 0 bridgehead atoms. The van der Waals surface area contributed by atoms with E-state index in [1.54, 1.807) is 6.92 Å². The zero-order chi connectivity index (χ0) is 16.7. The lowest BCUT2D eigenvalue weighted by atomic mass is 10.2. The monoisotopic (exact) mass is 336 g/mol. The van der Waals surface area contributed by atoms with Gasteiger partial charge in [0.2, 0.25) is 11.8 Å². The van der Waals surface area contributed by atoms with E-state index in [0.717, 1.165) is 18.7 Å². The van der Waals surface area contributed by atoms with E-state index in [0.29, 0.717) is 43.2 Å². The zero-order valence-electron chi connectivity index (χ0n) is 13.9. The van der Waals surface area contributed by atoms with E-state index in [1.807, 2.05) is 11.9 Å². The summed E-state index contributed by atoms with van der Waals surface area (Å²) in [5.74, 6) is 2.38. The smallest absolute Gasteiger partial charge is 0.318 e. The maximum absolute atomic E-state index is 13.9. The van der Waals surface area contributed by atoms with Crippen LogP contribution in [-0.2, 0) is 6.54 Å². The molecule has 0 spiro atoms. The fourth-order valence-corrected chi connectivity index (χ4v) is 3.16. The second kappa shape index (κ2) is 6.12. The SMILES string of the molecule is Cc1nnc(N2C[C@@H](F)C[C@H]2CN(C)Cc2nc(C3CC3)no2)o1. The number of hydrogen-bond acceptors (Lipinski definition) is 8. The number of anilines is 1. The molecule has 1 aliphatic carbocycles. The summed E-state index contributed by atoms with van der Waals surface area (Å²) in [6.45, 7) is 3.22. The summed E-state index contributed by atoms with van der Waals surface area (Å²) in [6.07, 6.45) is 1.85. The van der Waals surface area contributed by atoms with Crippen molar-refractivity contribution in [1.29, 1.82) is 0 Å². The molecule has 4 rings (SSSR count). The highest BCUT2D eigenvalue weighted by molar-refractivity contribution is 5.30. The molecule has 24 heavy (non-hydrogen) atoms. The standard InChI is InChI=1S/C15H21FN6O2/c1-9-18-19-15(23-9)22-6-11(16)5-12(22)7-21(2)8-13-17-14(20-24-13)10-3-4-10/h10-12H,3-8H2,1-2H3/t11-,12-/m0/s1. The number of aryl methyl sites for hydroxylation is 1. The highest BCUT2D eigenvalue weighted by Gasteiger charge is 2.36. The van der Waals surface area contributed by atoms with Gasteiger partial charge in [-0.3, -0.25) is 4.90 Å². The fourth-order valence-electron chi connectivity index (χ4n) is 3.16. The minimum atomic E-state index is -0.888. The van der Waals surface area contributed by atoms with Crippen LogP contribution in [0, 0.1) is 6.92 Å². The van der Waals surface area contributed by atoms with Crippen molar-refractivity contribution in [2.24, 2.45) is 0 Å². The lowest BCUT2D eigenvalue weighted by Crippen LogP contribution is -2.39. The van der Waals surface area contributed by atoms with E-state index >= 15 is 0 Å². The maximum Gasteiger partial charge on any atom is 0.318 e. The Balaban J connectivity index is 1.38. The first-order valence-electron chi connectivity index (χ1n) is 8.30. The number of hydrogen-bond donors (Lipinski definition) is 0. The molecule has 130 valence electrons. The van der Waals surface area contributed by atoms with Crippen molar-refractivity contribution in [2.45, 2.75) is 50.9 Å². The summed E-state index contributed by atoms with van der Waals surface area (Å²) in [7, 11) is 1.96. The summed E-state index contributed by atoms with van der Waals surface area (Å²) >= 11 is 0. The van der Waals surface area contributed by atoms with Gasteiger partial charge < -0.3 is 13.8 Å². The lowest BCUT2D eigenvalue weighted by molar-refractivity contribution is 0.247. The molecule has 2 aromatic rings. The molecule has 9 heteroatoms. The van der Waals surface area contributed by atoms with Gasteiger partial charge in [-0.15, -0.1) is 5.10 Å². The third-order valence-electron chi connectivity index (χ3n) is 4.48. The number of halogens is 1. The van der Waals surface area contributed by atoms with Gasteiger partial charge in [-0.2, -0.15) is 4.98 Å². The Morgan fingerprint density at radius 3 is 2.88 bits per heavy atom. The van der Waals surface area contributed by atoms with Gasteiger partial charge in [0.05, 0.1) is 13.1 Å². The second-order valence-electron chi connectivity index (χ2n) is 6.76. The Labute approximate surface area is 139 Å². The first kappa shape index (κ1) is 15.5. The molecule has 0 aromatic carbocycles. The van der Waals surface area contributed by atoms with Crippen molar-refractivity contribution >= 4 is 6.01 Å². The zero-order valence-corrected chi connectivity index (χ0v) is 13.9. The van der Waals surface area contributed by atoms with Gasteiger partial charge in [0.15, 0.2) is 5.82 Å². The Kier molecular flexibility index (Phi) is 3.95. The first-order chi connectivity index (χ1) is 11.6. The molecule has 0 radical (unpaired) electrons. The molecule has 2 atom stereocenters. The summed E-state index contributed by atoms with van der Waals surface area (Å²) in [6, 6.07) is 0.371. The molecule has 2 aromatic heterocycles. The molecule has 2 aliphatic rings. The molecule has 2 fully saturated rings. The quantitative estimate of drug-likeness (QED) is 0.788. The van der Waals surface area contributed by atoms with Crippen LogP contribution in [0.3, 0.4) is 0 Å². The summed E-state index contributed by atoms with van der Waals surface area (Å²) in [5, 5.41) is 11.9. The van der Waals surface area contributed by atoms with Crippen LogP contribution in [0.5, 0.6) is 0 Å². The van der Waals surface area contributed by atoms with Crippen LogP contribution >= 0.6 is 0 Å². The maximum atomic E-state index is 13.9. The van der Waals surface area contributed by atoms with Crippen LogP contribution in [0.25, 0.3) is 0 Å². The van der Waals surface area contributed by atoms with Gasteiger partial charge in [0, 0.05) is 31.8 Å². The van der Waals surface area contributed by atoms with Gasteiger partial charge in [-0.1, -0.05) is 10.3 Å². The number of nitrogens with zero attached hydrogens (tertiary/aromatic N) is 6. The average Bonchev–Trinajstić information content (AvgIpc) is 2.94. The van der Waals surface area contributed by atoms with Gasteiger partial charge in [0.25, 0.3) is 0 Å². The van der Waals surface area contributed by atoms with Crippen LogP contribution in [0.15, 0.2) is 8.94 Å². The highest BCUT2D eigenvalue weighted by atomic mass is 19.1. The number of alkyl halides is 1. The molecule has 3 heterocycles. The van der Waals surface area contributed by atoms with Crippen LogP contribution in [0.4, 0.5) is 10.4 Å². The molecule has 0 N–H and O–H groups in total. The average molecular weight is 336 g/mol. The lowest BCUT2D eigenvalue weighted by Gasteiger charge is -2.26. The Hall–Kier alpha value is -2.03. The molecule has 0 unspecified atom stereocenters. The molecule has 1 saturated carbocycles. The first-order valence-corrected chi connectivity index (χ1v) is 8.30. The van der Waals surface area contributed by atoms with Gasteiger partial charge in [0.1, 0.15) is 6.17 Å². The molecule has 8 nitrogen and oxygen atoms in total. The van der Waals surface area contributed by atoms with Crippen LogP contribution in [0.2, 0.25) is 0 Å². The highest BCUT2D eigenvalue weighted by Crippen LogP contribution is 2.38. The Morgan fingerprint density at radius 2 is 2.17 bits per heavy atom. The minimum absolute atomic E-state index is 0.0179. The topological polar surface area (TPSA) is 84.3 Å². The molecule has 1 aliphatic heterocycles. The molecular formula is C15H21FN6O2. The van der Waals surface area contributed by atoms with E-state index in [1.165, 1.54) is 0 Å². The second-order valence-corrected chi connectivity index (χ2v) is 6.76. The van der Waals surface area contributed by atoms with E-state index in [4.69, 9.17) is 8.94 Å².